The number of hydrogen-bond acceptors (Lipinski definition) is 1. The summed E-state index contributed by atoms with van der Waals surface area (Å²) in [6.45, 7) is 4.30. The number of imidazole rings is 1. The molecule has 0 radical (unpaired) electrons. The first kappa shape index (κ1) is 11.0. The highest BCUT2D eigenvalue weighted by molar-refractivity contribution is 5.78. The van der Waals surface area contributed by atoms with Crippen molar-refractivity contribution in [1.82, 2.24) is 9.97 Å². The summed E-state index contributed by atoms with van der Waals surface area (Å²) in [5, 5.41) is 0. The summed E-state index contributed by atoms with van der Waals surface area (Å²) in [6, 6.07) is 12.9. The van der Waals surface area contributed by atoms with Gasteiger partial charge in [0.1, 0.15) is 0 Å². The third-order valence-corrected chi connectivity index (χ3v) is 3.42. The van der Waals surface area contributed by atoms with Crippen molar-refractivity contribution in [2.24, 2.45) is 0 Å². The van der Waals surface area contributed by atoms with Gasteiger partial charge in [0.25, 0.3) is 0 Å². The van der Waals surface area contributed by atoms with Crippen molar-refractivity contribution in [3.63, 3.8) is 0 Å². The number of aryl methyl sites for hydroxylation is 2. The van der Waals surface area contributed by atoms with Crippen LogP contribution in [0, 0.1) is 13.8 Å². The van der Waals surface area contributed by atoms with Crippen LogP contribution in [0.3, 0.4) is 0 Å². The van der Waals surface area contributed by atoms with E-state index < -0.39 is 0 Å². The maximum atomic E-state index is 4.41. The van der Waals surface area contributed by atoms with Crippen LogP contribution in [-0.4, -0.2) is 9.97 Å². The van der Waals surface area contributed by atoms with Crippen LogP contribution in [0.4, 0.5) is 0 Å². The van der Waals surface area contributed by atoms with Gasteiger partial charge in [-0.15, -0.1) is 0 Å². The number of hydrogen-bond donors (Lipinski definition) is 1. The van der Waals surface area contributed by atoms with Gasteiger partial charge in [0, 0.05) is 0 Å². The fourth-order valence-electron chi connectivity index (χ4n) is 2.37. The van der Waals surface area contributed by atoms with Crippen LogP contribution in [0.25, 0.3) is 11.0 Å². The Bertz CT molecular complexity index is 695. The molecule has 1 heterocycles. The summed E-state index contributed by atoms with van der Waals surface area (Å²) in [7, 11) is 0. The van der Waals surface area contributed by atoms with Crippen molar-refractivity contribution in [2.75, 3.05) is 0 Å². The molecule has 1 aromatic heterocycles. The Hall–Kier alpha value is -2.09. The van der Waals surface area contributed by atoms with E-state index in [1.54, 1.807) is 6.33 Å². The van der Waals surface area contributed by atoms with Crippen molar-refractivity contribution in [3.8, 4) is 0 Å². The van der Waals surface area contributed by atoms with Crippen LogP contribution in [0.5, 0.6) is 0 Å². The van der Waals surface area contributed by atoms with Gasteiger partial charge in [0.05, 0.1) is 17.4 Å². The predicted octanol–water partition coefficient (Wildman–Crippen LogP) is 3.77. The minimum atomic E-state index is 0.940. The van der Waals surface area contributed by atoms with Gasteiger partial charge in [-0.1, -0.05) is 35.9 Å². The van der Waals surface area contributed by atoms with Gasteiger partial charge in [-0.25, -0.2) is 4.98 Å². The number of fused-ring (bicyclic) bond motifs is 1. The molecule has 1 N–H and O–H groups in total. The predicted molar refractivity (Wildman–Crippen MR) is 74.8 cm³/mol. The van der Waals surface area contributed by atoms with Gasteiger partial charge in [0.2, 0.25) is 0 Å². The van der Waals surface area contributed by atoms with E-state index in [0.29, 0.717) is 0 Å². The van der Waals surface area contributed by atoms with E-state index in [1.807, 2.05) is 0 Å². The topological polar surface area (TPSA) is 28.7 Å². The first-order chi connectivity index (χ1) is 8.74. The molecule has 0 saturated carbocycles. The SMILES string of the molecule is Cc1ccc(C)c(Cc2cccc3[nH]cnc23)c1. The molecular weight excluding hydrogens is 220 g/mol. The fraction of sp³-hybridized carbons (Fsp3) is 0.188. The summed E-state index contributed by atoms with van der Waals surface area (Å²) in [5.41, 5.74) is 7.50. The number of nitrogens with one attached hydrogen (secondary N) is 1. The zero-order chi connectivity index (χ0) is 12.5. The average Bonchev–Trinajstić information content (AvgIpc) is 2.83. The van der Waals surface area contributed by atoms with Crippen LogP contribution in [-0.2, 0) is 6.42 Å². The number of para-hydroxylation sites is 1. The van der Waals surface area contributed by atoms with Gasteiger partial charge in [-0.3, -0.25) is 0 Å². The van der Waals surface area contributed by atoms with E-state index in [0.717, 1.165) is 17.5 Å². The number of H-pyrrole nitrogens is 1. The highest BCUT2D eigenvalue weighted by atomic mass is 14.9. The molecule has 0 fully saturated rings. The lowest BCUT2D eigenvalue weighted by molar-refractivity contribution is 1.15. The largest absolute Gasteiger partial charge is 0.345 e. The van der Waals surface area contributed by atoms with Crippen molar-refractivity contribution in [3.05, 3.63) is 65.0 Å². The normalized spacial score (nSPS) is 11.0. The van der Waals surface area contributed by atoms with E-state index in [-0.39, 0.29) is 0 Å². The molecule has 3 aromatic rings. The van der Waals surface area contributed by atoms with E-state index in [2.05, 4.69) is 60.2 Å². The van der Waals surface area contributed by atoms with Crippen molar-refractivity contribution in [1.29, 1.82) is 0 Å². The number of rotatable bonds is 2. The fourth-order valence-corrected chi connectivity index (χ4v) is 2.37. The third-order valence-electron chi connectivity index (χ3n) is 3.42. The minimum absolute atomic E-state index is 0.940. The molecule has 2 aromatic carbocycles. The Balaban J connectivity index is 2.06. The van der Waals surface area contributed by atoms with Gasteiger partial charge in [-0.2, -0.15) is 0 Å². The summed E-state index contributed by atoms with van der Waals surface area (Å²) in [6.07, 6.45) is 2.70. The van der Waals surface area contributed by atoms with E-state index in [4.69, 9.17) is 0 Å². The number of benzene rings is 2. The Labute approximate surface area is 107 Å². The van der Waals surface area contributed by atoms with E-state index >= 15 is 0 Å². The van der Waals surface area contributed by atoms with Crippen LogP contribution in [0.2, 0.25) is 0 Å². The third kappa shape index (κ3) is 1.90. The maximum Gasteiger partial charge on any atom is 0.0931 e. The number of nitrogens with zero attached hydrogens (tertiary/aromatic N) is 1. The zero-order valence-corrected chi connectivity index (χ0v) is 10.7. The minimum Gasteiger partial charge on any atom is -0.345 e. The summed E-state index contributed by atoms with van der Waals surface area (Å²) >= 11 is 0. The van der Waals surface area contributed by atoms with Gasteiger partial charge < -0.3 is 4.98 Å². The van der Waals surface area contributed by atoms with Gasteiger partial charge >= 0.3 is 0 Å². The lowest BCUT2D eigenvalue weighted by Gasteiger charge is -2.08. The first-order valence-electron chi connectivity index (χ1n) is 6.21. The maximum absolute atomic E-state index is 4.41. The molecule has 3 rings (SSSR count). The Morgan fingerprint density at radius 1 is 1.06 bits per heavy atom. The molecule has 0 aliphatic rings. The number of aromatic amines is 1. The molecule has 90 valence electrons. The van der Waals surface area contributed by atoms with E-state index in [9.17, 15) is 0 Å². The molecule has 0 atom stereocenters. The Kier molecular flexibility index (Phi) is 2.63. The molecule has 0 spiro atoms. The van der Waals surface area contributed by atoms with Crippen molar-refractivity contribution >= 4 is 11.0 Å². The van der Waals surface area contributed by atoms with Crippen LogP contribution in [0.1, 0.15) is 22.3 Å². The van der Waals surface area contributed by atoms with Gasteiger partial charge in [0.15, 0.2) is 0 Å². The monoisotopic (exact) mass is 236 g/mol. The zero-order valence-electron chi connectivity index (χ0n) is 10.7. The Morgan fingerprint density at radius 3 is 2.83 bits per heavy atom. The lowest BCUT2D eigenvalue weighted by Crippen LogP contribution is -1.94. The molecule has 0 aliphatic heterocycles. The summed E-state index contributed by atoms with van der Waals surface area (Å²) in [4.78, 5) is 7.57. The first-order valence-corrected chi connectivity index (χ1v) is 6.21. The number of aromatic nitrogens is 2. The van der Waals surface area contributed by atoms with Crippen LogP contribution < -0.4 is 0 Å². The Morgan fingerprint density at radius 2 is 1.94 bits per heavy atom. The highest BCUT2D eigenvalue weighted by Gasteiger charge is 2.06. The molecule has 0 saturated heterocycles. The van der Waals surface area contributed by atoms with Gasteiger partial charge in [-0.05, 0) is 43.0 Å². The quantitative estimate of drug-likeness (QED) is 0.721. The lowest BCUT2D eigenvalue weighted by atomic mass is 9.98. The smallest absolute Gasteiger partial charge is 0.0931 e. The molecule has 0 bridgehead atoms. The van der Waals surface area contributed by atoms with E-state index in [1.165, 1.54) is 22.3 Å². The standard InChI is InChI=1S/C16H16N2/c1-11-6-7-12(2)14(8-11)9-13-4-3-5-15-16(13)18-10-17-15/h3-8,10H,9H2,1-2H3,(H,17,18). The second kappa shape index (κ2) is 4.30. The average molecular weight is 236 g/mol. The second-order valence-corrected chi connectivity index (χ2v) is 4.82. The van der Waals surface area contributed by atoms with Crippen LogP contribution in [0.15, 0.2) is 42.7 Å². The van der Waals surface area contributed by atoms with Crippen molar-refractivity contribution in [2.45, 2.75) is 20.3 Å². The second-order valence-electron chi connectivity index (χ2n) is 4.82. The summed E-state index contributed by atoms with van der Waals surface area (Å²) in [5.74, 6) is 0. The molecule has 2 nitrogen and oxygen atoms in total. The molecule has 0 amide bonds. The van der Waals surface area contributed by atoms with Crippen LogP contribution >= 0.6 is 0 Å². The highest BCUT2D eigenvalue weighted by Crippen LogP contribution is 2.20. The molecule has 18 heavy (non-hydrogen) atoms. The molecule has 0 unspecified atom stereocenters. The van der Waals surface area contributed by atoms with Crippen molar-refractivity contribution < 1.29 is 0 Å². The molecular formula is C16H16N2. The summed E-state index contributed by atoms with van der Waals surface area (Å²) < 4.78 is 0. The molecule has 0 aliphatic carbocycles. The molecule has 2 heteroatoms.